The molecule has 0 atom stereocenters. The number of benzene rings is 1. The first-order valence-electron chi connectivity index (χ1n) is 22.6. The minimum absolute atomic E-state index is 0.640. The maximum atomic E-state index is 9.50. The molecule has 0 aromatic heterocycles. The van der Waals surface area contributed by atoms with Crippen LogP contribution in [-0.4, -0.2) is 16.7 Å². The second-order valence-corrected chi connectivity index (χ2v) is 18.6. The second kappa shape index (κ2) is 37.2. The van der Waals surface area contributed by atoms with Crippen molar-refractivity contribution in [1.29, 1.82) is 0 Å². The summed E-state index contributed by atoms with van der Waals surface area (Å²) in [6.07, 6.45) is 47.0. The average molecular weight is 803 g/mol. The molecule has 2 N–H and O–H groups in total. The van der Waals surface area contributed by atoms with E-state index in [-0.39, 0.29) is 0 Å². The first-order valence-corrected chi connectivity index (χ1v) is 25.9. The van der Waals surface area contributed by atoms with Crippen LogP contribution in [0, 0.1) is 0 Å². The molecule has 1 aromatic carbocycles. The van der Waals surface area contributed by atoms with Crippen molar-refractivity contribution in [3.8, 4) is 0 Å². The van der Waals surface area contributed by atoms with Crippen LogP contribution in [0.4, 0.5) is 0 Å². The van der Waals surface area contributed by atoms with Gasteiger partial charge < -0.3 is 0 Å². The number of rotatable bonds is 36. The zero-order valence-electron chi connectivity index (χ0n) is 35.5. The van der Waals surface area contributed by atoms with Gasteiger partial charge in [-0.1, -0.05) is 220 Å². The summed E-state index contributed by atoms with van der Waals surface area (Å²) in [5.74, 6) is 0.640. The third-order valence-corrected chi connectivity index (χ3v) is 12.7. The number of aryl methyl sites for hydroxylation is 1. The van der Waals surface area contributed by atoms with Gasteiger partial charge in [0.15, 0.2) is 0 Å². The SMILES string of the molecule is CCCCCCCCCCCCc1ccc(C(C)C)c(CCCCCCCCCCCC)c1CCCCCCCCCCCC.[O]=[Ti]([OH])[O]S(=O)(=O)O. The Morgan fingerprint density at radius 3 is 1.09 bits per heavy atom. The summed E-state index contributed by atoms with van der Waals surface area (Å²) in [4.78, 5) is 0. The zero-order valence-corrected chi connectivity index (χ0v) is 37.9. The van der Waals surface area contributed by atoms with Crippen molar-refractivity contribution in [2.24, 2.45) is 0 Å². The van der Waals surface area contributed by atoms with E-state index in [1.54, 1.807) is 22.3 Å². The first-order chi connectivity index (χ1) is 25.6. The minimum atomic E-state index is -4.71. The predicted molar refractivity (Wildman–Crippen MR) is 223 cm³/mol. The molecule has 312 valence electrons. The Labute approximate surface area is 336 Å². The molecule has 0 heterocycles. The summed E-state index contributed by atoms with van der Waals surface area (Å²) in [5, 5.41) is 0. The van der Waals surface area contributed by atoms with Crippen LogP contribution in [-0.2, 0) is 54.4 Å². The molecule has 0 aliphatic rings. The van der Waals surface area contributed by atoms with Gasteiger partial charge in [-0.2, -0.15) is 0 Å². The number of unbranched alkanes of at least 4 members (excludes halogenated alkanes) is 27. The normalized spacial score (nSPS) is 11.6. The Balaban J connectivity index is 0.00000301. The Morgan fingerprint density at radius 1 is 0.509 bits per heavy atom. The van der Waals surface area contributed by atoms with Crippen molar-refractivity contribution >= 4 is 10.4 Å². The van der Waals surface area contributed by atoms with E-state index >= 15 is 0 Å². The van der Waals surface area contributed by atoms with Gasteiger partial charge in [0.05, 0.1) is 0 Å². The van der Waals surface area contributed by atoms with Gasteiger partial charge in [0.1, 0.15) is 0 Å². The molecule has 6 nitrogen and oxygen atoms in total. The van der Waals surface area contributed by atoms with Gasteiger partial charge >= 0.3 is 51.8 Å². The van der Waals surface area contributed by atoms with E-state index in [1.807, 2.05) is 0 Å². The second-order valence-electron chi connectivity index (χ2n) is 16.0. The van der Waals surface area contributed by atoms with Crippen molar-refractivity contribution in [1.82, 2.24) is 0 Å². The molecule has 0 spiro atoms. The summed E-state index contributed by atoms with van der Waals surface area (Å²) in [5.41, 5.74) is 6.97. The van der Waals surface area contributed by atoms with Gasteiger partial charge in [-0.05, 0) is 66.7 Å². The van der Waals surface area contributed by atoms with Crippen molar-refractivity contribution in [3.63, 3.8) is 0 Å². The molecular weight excluding hydrogens is 716 g/mol. The van der Waals surface area contributed by atoms with Crippen molar-refractivity contribution in [2.45, 2.75) is 252 Å². The Bertz CT molecular complexity index is 1090. The zero-order chi connectivity index (χ0) is 39.4. The fourth-order valence-electron chi connectivity index (χ4n) is 7.61. The quantitative estimate of drug-likeness (QED) is 0.0398. The third kappa shape index (κ3) is 33.4. The van der Waals surface area contributed by atoms with E-state index in [2.05, 4.69) is 49.5 Å². The Hall–Kier alpha value is -0.436. The molecule has 0 amide bonds. The van der Waals surface area contributed by atoms with Crippen LogP contribution in [0.3, 0.4) is 0 Å². The molecular formula is C45H86O6STi. The van der Waals surface area contributed by atoms with E-state index in [0.29, 0.717) is 5.92 Å². The molecule has 0 bridgehead atoms. The summed E-state index contributed by atoms with van der Waals surface area (Å²) in [7, 11) is -4.71. The average Bonchev–Trinajstić information content (AvgIpc) is 3.10. The Kier molecular flexibility index (Phi) is 36.9. The maximum absolute atomic E-state index is 9.50. The van der Waals surface area contributed by atoms with Crippen molar-refractivity contribution in [2.75, 3.05) is 0 Å². The molecule has 0 saturated carbocycles. The van der Waals surface area contributed by atoms with Crippen LogP contribution in [0.2, 0.25) is 0 Å². The monoisotopic (exact) mass is 803 g/mol. The predicted octanol–water partition coefficient (Wildman–Crippen LogP) is 14.8. The van der Waals surface area contributed by atoms with Gasteiger partial charge in [0.2, 0.25) is 0 Å². The van der Waals surface area contributed by atoms with Crippen molar-refractivity contribution < 1.29 is 41.4 Å². The van der Waals surface area contributed by atoms with Gasteiger partial charge in [0, 0.05) is 0 Å². The van der Waals surface area contributed by atoms with E-state index in [4.69, 9.17) is 8.24 Å². The van der Waals surface area contributed by atoms with Crippen LogP contribution in [0.15, 0.2) is 12.1 Å². The molecule has 0 unspecified atom stereocenters. The molecule has 1 rings (SSSR count). The summed E-state index contributed by atoms with van der Waals surface area (Å²) < 4.78 is 46.9. The summed E-state index contributed by atoms with van der Waals surface area (Å²) >= 11 is -4.11. The molecule has 1 aromatic rings. The fraction of sp³-hybridized carbons (Fsp3) is 0.867. The molecule has 0 saturated heterocycles. The van der Waals surface area contributed by atoms with E-state index < -0.39 is 29.0 Å². The summed E-state index contributed by atoms with van der Waals surface area (Å²) in [6.45, 7) is 11.8. The van der Waals surface area contributed by atoms with Gasteiger partial charge in [0.25, 0.3) is 0 Å². The standard InChI is InChI=1S/C45H84.H2O4S.H2O.O.Ti/c1-6-9-12-15-18-21-24-27-30-33-36-42-39-40-43(41(4)5)45(38-35-32-29-26-23-20-17-14-11-8-3)44(42)37-34-31-28-25-22-19-16-13-10-7-2;1-5(2,3)4;;;/h39-41H,6-38H2,1-5H3;(H2,1,2,3,4);1H2;;/q;;;;+2/p-2. The molecule has 53 heavy (non-hydrogen) atoms. The van der Waals surface area contributed by atoms with Crippen LogP contribution in [0.5, 0.6) is 0 Å². The molecule has 0 fully saturated rings. The van der Waals surface area contributed by atoms with Crippen LogP contribution < -0.4 is 0 Å². The summed E-state index contributed by atoms with van der Waals surface area (Å²) in [6, 6.07) is 5.11. The topological polar surface area (TPSA) is 101 Å². The first kappa shape index (κ1) is 52.6. The van der Waals surface area contributed by atoms with Crippen LogP contribution >= 0.6 is 0 Å². The Morgan fingerprint density at radius 2 is 0.811 bits per heavy atom. The van der Waals surface area contributed by atoms with E-state index in [0.717, 1.165) is 0 Å². The van der Waals surface area contributed by atoms with Crippen LogP contribution in [0.1, 0.15) is 255 Å². The van der Waals surface area contributed by atoms with Crippen molar-refractivity contribution in [3.05, 3.63) is 34.4 Å². The molecule has 8 heteroatoms. The fourth-order valence-corrected chi connectivity index (χ4v) is 8.64. The van der Waals surface area contributed by atoms with E-state index in [1.165, 1.54) is 212 Å². The third-order valence-electron chi connectivity index (χ3n) is 10.7. The number of hydrogen-bond donors (Lipinski definition) is 2. The number of hydrogen-bond acceptors (Lipinski definition) is 4. The van der Waals surface area contributed by atoms with Gasteiger partial charge in [-0.15, -0.1) is 0 Å². The van der Waals surface area contributed by atoms with Crippen LogP contribution in [0.25, 0.3) is 0 Å². The molecule has 0 aliphatic carbocycles. The molecule has 0 radical (unpaired) electrons. The van der Waals surface area contributed by atoms with Gasteiger partial charge in [-0.25, -0.2) is 0 Å². The van der Waals surface area contributed by atoms with E-state index in [9.17, 15) is 11.7 Å². The van der Waals surface area contributed by atoms with Gasteiger partial charge in [-0.3, -0.25) is 0 Å². The molecule has 0 aliphatic heterocycles.